The van der Waals surface area contributed by atoms with Crippen molar-refractivity contribution in [3.63, 3.8) is 0 Å². The van der Waals surface area contributed by atoms with E-state index in [4.69, 9.17) is 5.73 Å². The monoisotopic (exact) mass is 298 g/mol. The summed E-state index contributed by atoms with van der Waals surface area (Å²) in [6, 6.07) is 7.31. The van der Waals surface area contributed by atoms with Gasteiger partial charge in [-0.15, -0.1) is 10.2 Å². The summed E-state index contributed by atoms with van der Waals surface area (Å²) in [4.78, 5) is 19.7. The maximum Gasteiger partial charge on any atom is 0.277 e. The number of nitrogen functional groups attached to an aromatic ring is 1. The topological polar surface area (TPSA) is 107 Å². The van der Waals surface area contributed by atoms with Crippen LogP contribution in [-0.4, -0.2) is 26.1 Å². The fraction of sp³-hybridized carbons (Fsp3) is 0. The van der Waals surface area contributed by atoms with Crippen LogP contribution in [0.2, 0.25) is 0 Å². The highest BCUT2D eigenvalue weighted by molar-refractivity contribution is 7.18. The highest BCUT2D eigenvalue weighted by Gasteiger charge is 2.12. The molecule has 1 aromatic carbocycles. The van der Waals surface area contributed by atoms with Crippen molar-refractivity contribution in [2.45, 2.75) is 0 Å². The Morgan fingerprint density at radius 3 is 2.90 bits per heavy atom. The van der Waals surface area contributed by atoms with Gasteiger partial charge in [0.25, 0.3) is 5.91 Å². The fourth-order valence-electron chi connectivity index (χ4n) is 1.64. The number of nitrogens with zero attached hydrogens (tertiary/aromatic N) is 4. The number of rotatable bonds is 3. The summed E-state index contributed by atoms with van der Waals surface area (Å²) in [5.74, 6) is -0.377. The molecule has 0 aliphatic rings. The van der Waals surface area contributed by atoms with Crippen LogP contribution in [0.1, 0.15) is 10.5 Å². The van der Waals surface area contributed by atoms with E-state index in [2.05, 4.69) is 25.5 Å². The van der Waals surface area contributed by atoms with E-state index in [0.29, 0.717) is 15.8 Å². The van der Waals surface area contributed by atoms with E-state index in [9.17, 15) is 4.79 Å². The number of nitrogens with two attached hydrogens (primary N) is 1. The van der Waals surface area contributed by atoms with Crippen LogP contribution in [0.5, 0.6) is 0 Å². The maximum absolute atomic E-state index is 11.9. The molecule has 1 amide bonds. The van der Waals surface area contributed by atoms with Crippen LogP contribution in [0, 0.1) is 0 Å². The minimum Gasteiger partial charge on any atom is -0.399 e. The van der Waals surface area contributed by atoms with Crippen LogP contribution in [-0.2, 0) is 0 Å². The molecule has 2 heterocycles. The Bertz CT molecular complexity index is 773. The lowest BCUT2D eigenvalue weighted by molar-refractivity contribution is 0.102. The van der Waals surface area contributed by atoms with Crippen LogP contribution in [0.4, 0.5) is 10.8 Å². The SMILES string of the molecule is Nc1cccc(-c2nnc(NC(=O)c3cnccn3)s2)c1. The molecule has 0 aliphatic carbocycles. The minimum absolute atomic E-state index is 0.221. The lowest BCUT2D eigenvalue weighted by Crippen LogP contribution is -2.13. The van der Waals surface area contributed by atoms with Crippen molar-refractivity contribution in [2.24, 2.45) is 0 Å². The smallest absolute Gasteiger partial charge is 0.277 e. The molecule has 104 valence electrons. The Morgan fingerprint density at radius 2 is 2.14 bits per heavy atom. The molecular formula is C13H10N6OS. The zero-order chi connectivity index (χ0) is 14.7. The van der Waals surface area contributed by atoms with E-state index < -0.39 is 0 Å². The Morgan fingerprint density at radius 1 is 1.24 bits per heavy atom. The van der Waals surface area contributed by atoms with E-state index in [-0.39, 0.29) is 11.6 Å². The second-order valence-electron chi connectivity index (χ2n) is 4.08. The van der Waals surface area contributed by atoms with Crippen molar-refractivity contribution in [1.29, 1.82) is 0 Å². The highest BCUT2D eigenvalue weighted by Crippen LogP contribution is 2.27. The fourth-order valence-corrected chi connectivity index (χ4v) is 2.37. The first-order valence-corrected chi connectivity index (χ1v) is 6.81. The van der Waals surface area contributed by atoms with Crippen molar-refractivity contribution in [1.82, 2.24) is 20.2 Å². The van der Waals surface area contributed by atoms with Gasteiger partial charge in [-0.05, 0) is 12.1 Å². The van der Waals surface area contributed by atoms with Gasteiger partial charge in [-0.3, -0.25) is 15.1 Å². The van der Waals surface area contributed by atoms with E-state index in [1.807, 2.05) is 12.1 Å². The van der Waals surface area contributed by atoms with Crippen molar-refractivity contribution in [2.75, 3.05) is 11.1 Å². The molecule has 0 fully saturated rings. The van der Waals surface area contributed by atoms with E-state index >= 15 is 0 Å². The molecule has 7 nitrogen and oxygen atoms in total. The molecule has 2 aromatic heterocycles. The first kappa shape index (κ1) is 13.1. The van der Waals surface area contributed by atoms with Gasteiger partial charge in [-0.1, -0.05) is 23.5 Å². The molecule has 0 saturated heterocycles. The average molecular weight is 298 g/mol. The van der Waals surface area contributed by atoms with Crippen LogP contribution in [0.15, 0.2) is 42.9 Å². The third kappa shape index (κ3) is 3.00. The third-order valence-corrected chi connectivity index (χ3v) is 3.46. The van der Waals surface area contributed by atoms with Gasteiger partial charge in [0.1, 0.15) is 10.7 Å². The quantitative estimate of drug-likeness (QED) is 0.714. The van der Waals surface area contributed by atoms with Gasteiger partial charge >= 0.3 is 0 Å². The molecule has 3 rings (SSSR count). The highest BCUT2D eigenvalue weighted by atomic mass is 32.1. The molecule has 0 atom stereocenters. The van der Waals surface area contributed by atoms with Crippen LogP contribution < -0.4 is 11.1 Å². The molecule has 0 aliphatic heterocycles. The standard InChI is InChI=1S/C13H10N6OS/c14-9-3-1-2-8(6-9)12-18-19-13(21-12)17-11(20)10-7-15-4-5-16-10/h1-7H,14H2,(H,17,19,20). The second-order valence-corrected chi connectivity index (χ2v) is 5.06. The number of benzene rings is 1. The van der Waals surface area contributed by atoms with Crippen molar-refractivity contribution in [3.8, 4) is 10.6 Å². The molecule has 21 heavy (non-hydrogen) atoms. The second kappa shape index (κ2) is 5.63. The molecule has 3 N–H and O–H groups in total. The van der Waals surface area contributed by atoms with Crippen molar-refractivity contribution in [3.05, 3.63) is 48.5 Å². The van der Waals surface area contributed by atoms with Crippen LogP contribution in [0.25, 0.3) is 10.6 Å². The molecule has 0 bridgehead atoms. The minimum atomic E-state index is -0.377. The van der Waals surface area contributed by atoms with Crippen molar-refractivity contribution >= 4 is 28.1 Å². The van der Waals surface area contributed by atoms with Gasteiger partial charge < -0.3 is 5.73 Å². The van der Waals surface area contributed by atoms with Crippen LogP contribution >= 0.6 is 11.3 Å². The molecule has 8 heteroatoms. The van der Waals surface area contributed by atoms with Crippen molar-refractivity contribution < 1.29 is 4.79 Å². The van der Waals surface area contributed by atoms with E-state index in [1.54, 1.807) is 12.1 Å². The largest absolute Gasteiger partial charge is 0.399 e. The lowest BCUT2D eigenvalue weighted by atomic mass is 10.2. The average Bonchev–Trinajstić information content (AvgIpc) is 2.97. The van der Waals surface area contributed by atoms with Gasteiger partial charge in [-0.2, -0.15) is 0 Å². The lowest BCUT2D eigenvalue weighted by Gasteiger charge is -1.98. The summed E-state index contributed by atoms with van der Waals surface area (Å²) >= 11 is 1.26. The Kier molecular flexibility index (Phi) is 3.52. The summed E-state index contributed by atoms with van der Waals surface area (Å²) in [6.45, 7) is 0. The zero-order valence-electron chi connectivity index (χ0n) is 10.7. The summed E-state index contributed by atoms with van der Waals surface area (Å²) in [5, 5.41) is 11.7. The maximum atomic E-state index is 11.9. The van der Waals surface area contributed by atoms with Gasteiger partial charge in [0.15, 0.2) is 0 Å². The Labute approximate surface area is 123 Å². The summed E-state index contributed by atoms with van der Waals surface area (Å²) < 4.78 is 0. The normalized spacial score (nSPS) is 10.3. The Balaban J connectivity index is 1.78. The number of hydrogen-bond donors (Lipinski definition) is 2. The summed E-state index contributed by atoms with van der Waals surface area (Å²) in [5.41, 5.74) is 7.45. The summed E-state index contributed by atoms with van der Waals surface area (Å²) in [6.07, 6.45) is 4.34. The van der Waals surface area contributed by atoms with Gasteiger partial charge in [0.2, 0.25) is 5.13 Å². The van der Waals surface area contributed by atoms with Crippen LogP contribution in [0.3, 0.4) is 0 Å². The van der Waals surface area contributed by atoms with E-state index in [1.165, 1.54) is 29.9 Å². The predicted molar refractivity (Wildman–Crippen MR) is 79.7 cm³/mol. The first-order valence-electron chi connectivity index (χ1n) is 5.99. The number of amides is 1. The van der Waals surface area contributed by atoms with Gasteiger partial charge in [-0.25, -0.2) is 4.98 Å². The molecule has 0 saturated carbocycles. The number of aromatic nitrogens is 4. The molecular weight excluding hydrogens is 288 g/mol. The predicted octanol–water partition coefficient (Wildman–Crippen LogP) is 1.83. The van der Waals surface area contributed by atoms with Gasteiger partial charge in [0, 0.05) is 23.6 Å². The first-order chi connectivity index (χ1) is 10.2. The summed E-state index contributed by atoms with van der Waals surface area (Å²) in [7, 11) is 0. The number of nitrogens with one attached hydrogen (secondary N) is 1. The van der Waals surface area contributed by atoms with Gasteiger partial charge in [0.05, 0.1) is 6.20 Å². The number of anilines is 2. The van der Waals surface area contributed by atoms with E-state index in [0.717, 1.165) is 5.56 Å². The third-order valence-electron chi connectivity index (χ3n) is 2.57. The Hall–Kier alpha value is -2.87. The molecule has 0 unspecified atom stereocenters. The number of carbonyl (C=O) groups excluding carboxylic acids is 1. The molecule has 0 spiro atoms. The molecule has 0 radical (unpaired) electrons. The molecule has 3 aromatic rings. The number of carbonyl (C=O) groups is 1. The zero-order valence-corrected chi connectivity index (χ0v) is 11.5. The number of hydrogen-bond acceptors (Lipinski definition) is 7.